The molecular weight excluding hydrogens is 445 g/mol. The van der Waals surface area contributed by atoms with Gasteiger partial charge in [0.1, 0.15) is 5.82 Å². The Morgan fingerprint density at radius 3 is 2.23 bits per heavy atom. The lowest BCUT2D eigenvalue weighted by Crippen LogP contribution is -2.41. The number of anilines is 2. The number of sulfonamides is 2. The molecule has 0 aliphatic carbocycles. The van der Waals surface area contributed by atoms with Crippen molar-refractivity contribution in [2.24, 2.45) is 5.92 Å². The third-order valence-electron chi connectivity index (χ3n) is 5.08. The van der Waals surface area contributed by atoms with Crippen LogP contribution in [0.5, 0.6) is 0 Å². The maximum Gasteiger partial charge on any atom is 0.243 e. The minimum atomic E-state index is -3.74. The molecule has 1 aliphatic heterocycles. The van der Waals surface area contributed by atoms with Crippen LogP contribution in [-0.2, 0) is 24.8 Å². The van der Waals surface area contributed by atoms with E-state index in [2.05, 4.69) is 10.0 Å². The highest BCUT2D eigenvalue weighted by molar-refractivity contribution is 7.92. The average Bonchev–Trinajstić information content (AvgIpc) is 2.70. The van der Waals surface area contributed by atoms with Crippen LogP contribution in [0.25, 0.3) is 0 Å². The molecule has 1 fully saturated rings. The number of nitrogens with zero attached hydrogens (tertiary/aromatic N) is 1. The Hall–Kier alpha value is -2.50. The maximum absolute atomic E-state index is 13.1. The lowest BCUT2D eigenvalue weighted by Gasteiger charge is -2.30. The summed E-state index contributed by atoms with van der Waals surface area (Å²) < 4.78 is 65.2. The van der Waals surface area contributed by atoms with Gasteiger partial charge in [0, 0.05) is 24.7 Å². The maximum atomic E-state index is 13.1. The van der Waals surface area contributed by atoms with Crippen LogP contribution in [0.4, 0.5) is 15.8 Å². The molecule has 0 aromatic heterocycles. The van der Waals surface area contributed by atoms with Gasteiger partial charge in [-0.15, -0.1) is 0 Å². The molecule has 2 aromatic rings. The fraction of sp³-hybridized carbons (Fsp3) is 0.350. The number of hydrogen-bond acceptors (Lipinski definition) is 5. The van der Waals surface area contributed by atoms with Gasteiger partial charge in [-0.25, -0.2) is 21.2 Å². The number of hydrogen-bond donors (Lipinski definition) is 2. The summed E-state index contributed by atoms with van der Waals surface area (Å²) in [5.41, 5.74) is 1.53. The molecule has 0 unspecified atom stereocenters. The minimum absolute atomic E-state index is 0.0161. The standard InChI is InChI=1S/C20H24FN3O5S2/c1-14-3-6-17(13-19(14)23-30(2,26)27)22-20(25)15-9-11-24(12-10-15)31(28,29)18-7-4-16(21)5-8-18/h3-8,13,15,23H,9-12H2,1-2H3,(H,22,25). The van der Waals surface area contributed by atoms with Crippen molar-refractivity contribution in [3.05, 3.63) is 53.8 Å². The Bertz CT molecular complexity index is 1170. The zero-order chi connectivity index (χ0) is 22.8. The fourth-order valence-corrected chi connectivity index (χ4v) is 5.46. The third-order valence-corrected chi connectivity index (χ3v) is 7.58. The van der Waals surface area contributed by atoms with Crippen molar-refractivity contribution in [3.8, 4) is 0 Å². The van der Waals surface area contributed by atoms with Gasteiger partial charge in [-0.3, -0.25) is 9.52 Å². The van der Waals surface area contributed by atoms with Crippen LogP contribution >= 0.6 is 0 Å². The Labute approximate surface area is 181 Å². The minimum Gasteiger partial charge on any atom is -0.326 e. The molecule has 8 nitrogen and oxygen atoms in total. The van der Waals surface area contributed by atoms with Crippen LogP contribution in [-0.4, -0.2) is 46.4 Å². The lowest BCUT2D eigenvalue weighted by molar-refractivity contribution is -0.120. The number of aryl methyl sites for hydroxylation is 1. The molecule has 0 atom stereocenters. The summed E-state index contributed by atoms with van der Waals surface area (Å²) >= 11 is 0. The van der Waals surface area contributed by atoms with Crippen LogP contribution in [0, 0.1) is 18.7 Å². The molecule has 1 saturated heterocycles. The normalized spacial score (nSPS) is 16.1. The van der Waals surface area contributed by atoms with E-state index in [9.17, 15) is 26.0 Å². The quantitative estimate of drug-likeness (QED) is 0.675. The number of amides is 1. The van der Waals surface area contributed by atoms with Crippen molar-refractivity contribution >= 4 is 37.3 Å². The average molecular weight is 470 g/mol. The molecule has 11 heteroatoms. The molecule has 1 heterocycles. The molecule has 168 valence electrons. The number of halogens is 1. The largest absolute Gasteiger partial charge is 0.326 e. The Morgan fingerprint density at radius 1 is 1.03 bits per heavy atom. The van der Waals surface area contributed by atoms with E-state index in [1.54, 1.807) is 25.1 Å². The van der Waals surface area contributed by atoms with Crippen LogP contribution in [0.15, 0.2) is 47.4 Å². The van der Waals surface area contributed by atoms with E-state index in [1.807, 2.05) is 0 Å². The van der Waals surface area contributed by atoms with Crippen molar-refractivity contribution in [1.29, 1.82) is 0 Å². The van der Waals surface area contributed by atoms with Gasteiger partial charge in [0.15, 0.2) is 0 Å². The van der Waals surface area contributed by atoms with E-state index in [0.29, 0.717) is 29.8 Å². The topological polar surface area (TPSA) is 113 Å². The molecule has 2 N–H and O–H groups in total. The van der Waals surface area contributed by atoms with Gasteiger partial charge >= 0.3 is 0 Å². The fourth-order valence-electron chi connectivity index (χ4n) is 3.37. The highest BCUT2D eigenvalue weighted by Crippen LogP contribution is 2.26. The van der Waals surface area contributed by atoms with Gasteiger partial charge < -0.3 is 5.32 Å². The SMILES string of the molecule is Cc1ccc(NC(=O)C2CCN(S(=O)(=O)c3ccc(F)cc3)CC2)cc1NS(C)(=O)=O. The molecule has 1 amide bonds. The van der Waals surface area contributed by atoms with Crippen molar-refractivity contribution in [3.63, 3.8) is 0 Å². The first-order valence-corrected chi connectivity index (χ1v) is 12.9. The second-order valence-corrected chi connectivity index (χ2v) is 11.2. The molecule has 0 saturated carbocycles. The highest BCUT2D eigenvalue weighted by atomic mass is 32.2. The van der Waals surface area contributed by atoms with E-state index in [0.717, 1.165) is 18.4 Å². The first-order chi connectivity index (χ1) is 14.5. The van der Waals surface area contributed by atoms with Crippen molar-refractivity contribution in [1.82, 2.24) is 4.31 Å². The molecule has 31 heavy (non-hydrogen) atoms. The summed E-state index contributed by atoms with van der Waals surface area (Å²) in [5, 5.41) is 2.77. The molecular formula is C20H24FN3O5S2. The predicted molar refractivity (Wildman–Crippen MR) is 116 cm³/mol. The second-order valence-electron chi connectivity index (χ2n) is 7.53. The van der Waals surface area contributed by atoms with E-state index in [1.165, 1.54) is 16.4 Å². The van der Waals surface area contributed by atoms with Crippen LogP contribution < -0.4 is 10.0 Å². The summed E-state index contributed by atoms with van der Waals surface area (Å²) in [6, 6.07) is 9.56. The summed E-state index contributed by atoms with van der Waals surface area (Å²) in [4.78, 5) is 12.7. The smallest absolute Gasteiger partial charge is 0.243 e. The third kappa shape index (κ3) is 5.81. The predicted octanol–water partition coefficient (Wildman–Crippen LogP) is 2.55. The molecule has 3 rings (SSSR count). The monoisotopic (exact) mass is 469 g/mol. The number of rotatable bonds is 6. The van der Waals surface area contributed by atoms with Crippen LogP contribution in [0.1, 0.15) is 18.4 Å². The zero-order valence-corrected chi connectivity index (χ0v) is 18.8. The first kappa shape index (κ1) is 23.2. The number of carbonyl (C=O) groups is 1. The summed E-state index contributed by atoms with van der Waals surface area (Å²) in [7, 11) is -7.20. The van der Waals surface area contributed by atoms with E-state index in [4.69, 9.17) is 0 Å². The summed E-state index contributed by atoms with van der Waals surface area (Å²) in [5.74, 6) is -1.15. The Morgan fingerprint density at radius 2 is 1.65 bits per heavy atom. The van der Waals surface area contributed by atoms with Gasteiger partial charge in [-0.05, 0) is 61.7 Å². The van der Waals surface area contributed by atoms with Gasteiger partial charge in [-0.1, -0.05) is 6.07 Å². The van der Waals surface area contributed by atoms with E-state index in [-0.39, 0.29) is 29.8 Å². The number of benzene rings is 2. The second kappa shape index (κ2) is 8.93. The molecule has 0 spiro atoms. The van der Waals surface area contributed by atoms with Crippen molar-refractivity contribution in [2.45, 2.75) is 24.7 Å². The summed E-state index contributed by atoms with van der Waals surface area (Å²) in [6.45, 7) is 2.09. The number of carbonyl (C=O) groups excluding carboxylic acids is 1. The van der Waals surface area contributed by atoms with Gasteiger partial charge in [-0.2, -0.15) is 4.31 Å². The van der Waals surface area contributed by atoms with E-state index >= 15 is 0 Å². The van der Waals surface area contributed by atoms with Crippen molar-refractivity contribution < 1.29 is 26.0 Å². The first-order valence-electron chi connectivity index (χ1n) is 9.61. The number of nitrogens with one attached hydrogen (secondary N) is 2. The molecule has 0 radical (unpaired) electrons. The van der Waals surface area contributed by atoms with Gasteiger partial charge in [0.25, 0.3) is 0 Å². The zero-order valence-electron chi connectivity index (χ0n) is 17.1. The van der Waals surface area contributed by atoms with Crippen LogP contribution in [0.3, 0.4) is 0 Å². The molecule has 1 aliphatic rings. The highest BCUT2D eigenvalue weighted by Gasteiger charge is 2.32. The molecule has 0 bridgehead atoms. The number of piperidine rings is 1. The Balaban J connectivity index is 1.63. The van der Waals surface area contributed by atoms with Crippen molar-refractivity contribution in [2.75, 3.05) is 29.4 Å². The van der Waals surface area contributed by atoms with E-state index < -0.39 is 25.9 Å². The molecule has 2 aromatic carbocycles. The lowest BCUT2D eigenvalue weighted by atomic mass is 9.97. The van der Waals surface area contributed by atoms with Gasteiger partial charge in [0.2, 0.25) is 26.0 Å². The Kier molecular flexibility index (Phi) is 6.68. The summed E-state index contributed by atoms with van der Waals surface area (Å²) in [6.07, 6.45) is 1.73. The van der Waals surface area contributed by atoms with Crippen LogP contribution in [0.2, 0.25) is 0 Å². The van der Waals surface area contributed by atoms with Gasteiger partial charge in [0.05, 0.1) is 16.8 Å².